The van der Waals surface area contributed by atoms with Gasteiger partial charge in [-0.25, -0.2) is 9.78 Å². The summed E-state index contributed by atoms with van der Waals surface area (Å²) in [7, 11) is 0. The summed E-state index contributed by atoms with van der Waals surface area (Å²) >= 11 is 0. The highest BCUT2D eigenvalue weighted by molar-refractivity contribution is 6.15. The number of imide groups is 1. The molecule has 1 aliphatic rings. The van der Waals surface area contributed by atoms with Gasteiger partial charge in [0.1, 0.15) is 12.6 Å². The number of hydrogen-bond acceptors (Lipinski definition) is 8. The van der Waals surface area contributed by atoms with Crippen molar-refractivity contribution in [3.63, 3.8) is 0 Å². The Morgan fingerprint density at radius 2 is 1.94 bits per heavy atom. The van der Waals surface area contributed by atoms with E-state index in [4.69, 9.17) is 4.52 Å². The number of urea groups is 1. The number of fused-ring (bicyclic) bond motifs is 1. The number of aromatic nitrogens is 7. The number of anilines is 1. The molecule has 1 aliphatic heterocycles. The number of imidazole rings is 1. The molecule has 0 spiro atoms. The van der Waals surface area contributed by atoms with Crippen molar-refractivity contribution in [2.45, 2.75) is 19.5 Å². The number of aromatic amines is 1. The van der Waals surface area contributed by atoms with Crippen LogP contribution < -0.4 is 10.2 Å². The second kappa shape index (κ2) is 7.62. The lowest BCUT2D eigenvalue weighted by Gasteiger charge is -2.22. The Bertz CT molecular complexity index is 1530. The average Bonchev–Trinajstić information content (AvgIpc) is 3.61. The van der Waals surface area contributed by atoms with Crippen LogP contribution in [0.1, 0.15) is 23.1 Å². The van der Waals surface area contributed by atoms with Crippen LogP contribution in [0.15, 0.2) is 59.4 Å². The number of carbonyl (C=O) groups is 2. The first kappa shape index (κ1) is 19.8. The Morgan fingerprint density at radius 1 is 1.09 bits per heavy atom. The van der Waals surface area contributed by atoms with Gasteiger partial charge in [0.05, 0.1) is 23.1 Å². The van der Waals surface area contributed by atoms with Gasteiger partial charge < -0.3 is 9.51 Å². The number of nitrogens with zero attached hydrogens (tertiary/aromatic N) is 7. The zero-order valence-electron chi connectivity index (χ0n) is 17.8. The van der Waals surface area contributed by atoms with E-state index >= 15 is 0 Å². The number of aryl methyl sites for hydroxylation is 1. The SMILES string of the molecule is Cc1cc(Cn2nnc(-c3ccc(C4C(=O)NC(=O)N4c4ccc5nc[nH]c5c4)cc3)n2)on1. The van der Waals surface area contributed by atoms with E-state index in [0.29, 0.717) is 29.4 Å². The zero-order valence-corrected chi connectivity index (χ0v) is 17.8. The van der Waals surface area contributed by atoms with Crippen LogP contribution in [0, 0.1) is 6.92 Å². The minimum atomic E-state index is -0.805. The molecule has 2 aromatic carbocycles. The molecule has 3 amide bonds. The van der Waals surface area contributed by atoms with Crippen molar-refractivity contribution in [1.82, 2.24) is 40.6 Å². The predicted molar refractivity (Wildman–Crippen MR) is 118 cm³/mol. The van der Waals surface area contributed by atoms with Crippen LogP contribution in [0.4, 0.5) is 10.5 Å². The van der Waals surface area contributed by atoms with Crippen molar-refractivity contribution in [2.75, 3.05) is 4.90 Å². The Balaban J connectivity index is 1.27. The number of carbonyl (C=O) groups excluding carboxylic acids is 2. The molecule has 4 heterocycles. The third-order valence-corrected chi connectivity index (χ3v) is 5.55. The van der Waals surface area contributed by atoms with Gasteiger partial charge in [-0.1, -0.05) is 29.4 Å². The molecule has 0 saturated carbocycles. The second-order valence-corrected chi connectivity index (χ2v) is 7.87. The van der Waals surface area contributed by atoms with E-state index in [0.717, 1.165) is 22.3 Å². The maximum absolute atomic E-state index is 12.7. The summed E-state index contributed by atoms with van der Waals surface area (Å²) in [6, 6.07) is 13.0. The van der Waals surface area contributed by atoms with E-state index in [9.17, 15) is 9.59 Å². The van der Waals surface area contributed by atoms with Crippen LogP contribution in [-0.2, 0) is 11.3 Å². The summed E-state index contributed by atoms with van der Waals surface area (Å²) in [5.41, 5.74) is 4.28. The smallest absolute Gasteiger partial charge is 0.329 e. The van der Waals surface area contributed by atoms with Gasteiger partial charge in [-0.15, -0.1) is 10.2 Å². The number of rotatable bonds is 5. The summed E-state index contributed by atoms with van der Waals surface area (Å²) in [5, 5.41) is 18.8. The third kappa shape index (κ3) is 3.37. The van der Waals surface area contributed by atoms with Crippen LogP contribution in [-0.4, -0.2) is 47.3 Å². The fraction of sp³-hybridized carbons (Fsp3) is 0.136. The number of benzene rings is 2. The summed E-state index contributed by atoms with van der Waals surface area (Å²) in [6.45, 7) is 2.15. The number of hydrogen-bond donors (Lipinski definition) is 2. The van der Waals surface area contributed by atoms with E-state index in [1.807, 2.05) is 13.0 Å². The van der Waals surface area contributed by atoms with E-state index in [1.54, 1.807) is 48.8 Å². The van der Waals surface area contributed by atoms with Gasteiger partial charge in [0, 0.05) is 17.3 Å². The van der Waals surface area contributed by atoms with Gasteiger partial charge in [-0.05, 0) is 35.9 Å². The number of H-pyrrole nitrogens is 1. The Kier molecular flexibility index (Phi) is 4.43. The lowest BCUT2D eigenvalue weighted by atomic mass is 10.0. The molecular formula is C22H17N9O3. The second-order valence-electron chi connectivity index (χ2n) is 7.87. The quantitative estimate of drug-likeness (QED) is 0.384. The van der Waals surface area contributed by atoms with E-state index in [1.165, 1.54) is 9.70 Å². The molecule has 3 aromatic heterocycles. The first-order valence-corrected chi connectivity index (χ1v) is 10.4. The standard InChI is InChI=1S/C22H17N9O3/c1-12-8-16(34-28-12)10-30-27-20(26-29-30)14-4-2-13(3-5-14)19-21(32)25-22(33)31(19)15-6-7-17-18(9-15)24-11-23-17/h2-9,11,19H,10H2,1H3,(H,23,24)(H,25,32,33). The summed E-state index contributed by atoms with van der Waals surface area (Å²) in [4.78, 5) is 35.3. The summed E-state index contributed by atoms with van der Waals surface area (Å²) in [5.74, 6) is 0.660. The number of tetrazole rings is 1. The van der Waals surface area contributed by atoms with Gasteiger partial charge in [0.2, 0.25) is 5.82 Å². The predicted octanol–water partition coefficient (Wildman–Crippen LogP) is 2.36. The van der Waals surface area contributed by atoms with Gasteiger partial charge in [0.15, 0.2) is 5.76 Å². The Hall–Kier alpha value is -4.87. The minimum Gasteiger partial charge on any atom is -0.359 e. The van der Waals surface area contributed by atoms with Crippen molar-refractivity contribution in [3.05, 3.63) is 71.9 Å². The largest absolute Gasteiger partial charge is 0.359 e. The highest BCUT2D eigenvalue weighted by atomic mass is 16.5. The van der Waals surface area contributed by atoms with Crippen LogP contribution in [0.5, 0.6) is 0 Å². The number of nitrogens with one attached hydrogen (secondary N) is 2. The molecule has 1 fully saturated rings. The van der Waals surface area contributed by atoms with Crippen LogP contribution in [0.3, 0.4) is 0 Å². The molecule has 2 N–H and O–H groups in total. The zero-order chi connectivity index (χ0) is 23.2. The molecule has 168 valence electrons. The molecular weight excluding hydrogens is 438 g/mol. The lowest BCUT2D eigenvalue weighted by molar-refractivity contribution is -0.119. The van der Waals surface area contributed by atoms with Crippen molar-refractivity contribution >= 4 is 28.7 Å². The Labute approximate surface area is 191 Å². The van der Waals surface area contributed by atoms with E-state index in [2.05, 4.69) is 35.9 Å². The number of amides is 3. The normalized spacial score (nSPS) is 15.9. The molecule has 1 saturated heterocycles. The van der Waals surface area contributed by atoms with E-state index in [-0.39, 0.29) is 0 Å². The molecule has 0 radical (unpaired) electrons. The molecule has 1 unspecified atom stereocenters. The van der Waals surface area contributed by atoms with Crippen LogP contribution >= 0.6 is 0 Å². The molecule has 6 rings (SSSR count). The minimum absolute atomic E-state index is 0.311. The lowest BCUT2D eigenvalue weighted by Crippen LogP contribution is -2.29. The van der Waals surface area contributed by atoms with Crippen molar-refractivity contribution < 1.29 is 14.1 Å². The maximum Gasteiger partial charge on any atom is 0.329 e. The molecule has 0 bridgehead atoms. The first-order chi connectivity index (χ1) is 16.5. The fourth-order valence-corrected chi connectivity index (χ4v) is 3.98. The Morgan fingerprint density at radius 3 is 2.74 bits per heavy atom. The topological polar surface area (TPSA) is 148 Å². The third-order valence-electron chi connectivity index (χ3n) is 5.55. The van der Waals surface area contributed by atoms with Gasteiger partial charge in [-0.2, -0.15) is 4.80 Å². The van der Waals surface area contributed by atoms with Gasteiger partial charge >= 0.3 is 6.03 Å². The molecule has 12 heteroatoms. The average molecular weight is 455 g/mol. The van der Waals surface area contributed by atoms with Crippen molar-refractivity contribution in [1.29, 1.82) is 0 Å². The van der Waals surface area contributed by atoms with Gasteiger partial charge in [-0.3, -0.25) is 15.0 Å². The maximum atomic E-state index is 12.7. The molecule has 34 heavy (non-hydrogen) atoms. The highest BCUT2D eigenvalue weighted by Crippen LogP contribution is 2.33. The van der Waals surface area contributed by atoms with Crippen molar-refractivity contribution in [3.8, 4) is 11.4 Å². The van der Waals surface area contributed by atoms with E-state index < -0.39 is 18.0 Å². The molecule has 0 aliphatic carbocycles. The van der Waals surface area contributed by atoms with Crippen LogP contribution in [0.25, 0.3) is 22.4 Å². The first-order valence-electron chi connectivity index (χ1n) is 10.4. The van der Waals surface area contributed by atoms with Crippen molar-refractivity contribution in [2.24, 2.45) is 0 Å². The summed E-state index contributed by atoms with van der Waals surface area (Å²) in [6.07, 6.45) is 1.58. The van der Waals surface area contributed by atoms with Gasteiger partial charge in [0.25, 0.3) is 5.91 Å². The highest BCUT2D eigenvalue weighted by Gasteiger charge is 2.40. The molecule has 12 nitrogen and oxygen atoms in total. The monoisotopic (exact) mass is 455 g/mol. The fourth-order valence-electron chi connectivity index (χ4n) is 3.98. The molecule has 1 atom stereocenters. The summed E-state index contributed by atoms with van der Waals surface area (Å²) < 4.78 is 5.19. The van der Waals surface area contributed by atoms with Crippen LogP contribution in [0.2, 0.25) is 0 Å². The molecule has 5 aromatic rings.